The normalized spacial score (nSPS) is 11.0. The van der Waals surface area contributed by atoms with Gasteiger partial charge in [-0.3, -0.25) is 0 Å². The molecule has 3 aromatic rings. The molecule has 3 rings (SSSR count). The second-order valence-electron chi connectivity index (χ2n) is 4.98. The fourth-order valence-corrected chi connectivity index (χ4v) is 2.50. The van der Waals surface area contributed by atoms with Crippen molar-refractivity contribution in [2.45, 2.75) is 13.5 Å². The van der Waals surface area contributed by atoms with Gasteiger partial charge in [0.25, 0.3) is 0 Å². The molecule has 0 radical (unpaired) electrons. The summed E-state index contributed by atoms with van der Waals surface area (Å²) in [4.78, 5) is 4.73. The Kier molecular flexibility index (Phi) is 3.62. The van der Waals surface area contributed by atoms with E-state index < -0.39 is 0 Å². The first kappa shape index (κ1) is 13.6. The van der Waals surface area contributed by atoms with Crippen molar-refractivity contribution in [3.8, 4) is 17.1 Å². The molecule has 2 aromatic carbocycles. The summed E-state index contributed by atoms with van der Waals surface area (Å²) >= 11 is 0. The molecule has 108 valence electrons. The van der Waals surface area contributed by atoms with Crippen molar-refractivity contribution in [3.63, 3.8) is 0 Å². The van der Waals surface area contributed by atoms with Gasteiger partial charge in [0.05, 0.1) is 17.6 Å². The van der Waals surface area contributed by atoms with Gasteiger partial charge in [0.15, 0.2) is 0 Å². The fraction of sp³-hybridized carbons (Fsp3) is 0.235. The van der Waals surface area contributed by atoms with Crippen LogP contribution in [0, 0.1) is 0 Å². The summed E-state index contributed by atoms with van der Waals surface area (Å²) in [6.45, 7) is 3.19. The molecule has 1 heterocycles. The molecule has 4 nitrogen and oxygen atoms in total. The Labute approximate surface area is 124 Å². The summed E-state index contributed by atoms with van der Waals surface area (Å²) < 4.78 is 7.58. The summed E-state index contributed by atoms with van der Waals surface area (Å²) in [5, 5.41) is 0. The topological polar surface area (TPSA) is 53.1 Å². The largest absolute Gasteiger partial charge is 0.494 e. The maximum atomic E-state index is 5.69. The van der Waals surface area contributed by atoms with Crippen LogP contribution in [0.1, 0.15) is 12.5 Å². The van der Waals surface area contributed by atoms with Crippen LogP contribution in [0.2, 0.25) is 0 Å². The highest BCUT2D eigenvalue weighted by Crippen LogP contribution is 2.26. The minimum absolute atomic E-state index is 0.533. The maximum absolute atomic E-state index is 5.69. The van der Waals surface area contributed by atoms with Crippen LogP contribution < -0.4 is 10.5 Å². The van der Waals surface area contributed by atoms with Crippen molar-refractivity contribution >= 4 is 11.0 Å². The van der Waals surface area contributed by atoms with E-state index in [0.717, 1.165) is 33.7 Å². The Hall–Kier alpha value is -2.33. The highest BCUT2D eigenvalue weighted by molar-refractivity contribution is 5.81. The average Bonchev–Trinajstić information content (AvgIpc) is 2.85. The zero-order chi connectivity index (χ0) is 14.8. The summed E-state index contributed by atoms with van der Waals surface area (Å²) in [5.74, 6) is 1.83. The number of benzene rings is 2. The molecule has 0 saturated heterocycles. The summed E-state index contributed by atoms with van der Waals surface area (Å²) in [7, 11) is 2.03. The van der Waals surface area contributed by atoms with E-state index in [4.69, 9.17) is 15.5 Å². The van der Waals surface area contributed by atoms with Gasteiger partial charge in [-0.05, 0) is 48.9 Å². The first-order chi connectivity index (χ1) is 10.2. The Balaban J connectivity index is 2.05. The Morgan fingerprint density at radius 1 is 1.14 bits per heavy atom. The minimum atomic E-state index is 0.533. The van der Waals surface area contributed by atoms with Gasteiger partial charge < -0.3 is 15.0 Å². The predicted octanol–water partition coefficient (Wildman–Crippen LogP) is 3.10. The Morgan fingerprint density at radius 2 is 1.90 bits per heavy atom. The molecule has 0 amide bonds. The Bertz CT molecular complexity index is 760. The highest BCUT2D eigenvalue weighted by atomic mass is 16.5. The van der Waals surface area contributed by atoms with E-state index in [2.05, 4.69) is 10.6 Å². The van der Waals surface area contributed by atoms with E-state index in [1.54, 1.807) is 0 Å². The van der Waals surface area contributed by atoms with Gasteiger partial charge in [0.1, 0.15) is 11.6 Å². The number of fused-ring (bicyclic) bond motifs is 1. The van der Waals surface area contributed by atoms with Gasteiger partial charge in [-0.1, -0.05) is 6.07 Å². The molecule has 0 atom stereocenters. The lowest BCUT2D eigenvalue weighted by Gasteiger charge is -2.05. The number of aryl methyl sites for hydroxylation is 1. The van der Waals surface area contributed by atoms with E-state index in [0.29, 0.717) is 13.2 Å². The number of nitrogens with two attached hydrogens (primary N) is 1. The maximum Gasteiger partial charge on any atom is 0.140 e. The van der Waals surface area contributed by atoms with E-state index >= 15 is 0 Å². The molecule has 0 aliphatic heterocycles. The van der Waals surface area contributed by atoms with Gasteiger partial charge in [0, 0.05) is 19.2 Å². The van der Waals surface area contributed by atoms with Gasteiger partial charge in [0.2, 0.25) is 0 Å². The zero-order valence-electron chi connectivity index (χ0n) is 12.3. The lowest BCUT2D eigenvalue weighted by Crippen LogP contribution is -1.96. The summed E-state index contributed by atoms with van der Waals surface area (Å²) in [6.07, 6.45) is 0. The second kappa shape index (κ2) is 5.58. The molecule has 21 heavy (non-hydrogen) atoms. The molecule has 0 bridgehead atoms. The highest BCUT2D eigenvalue weighted by Gasteiger charge is 2.10. The quantitative estimate of drug-likeness (QED) is 0.799. The number of rotatable bonds is 4. The van der Waals surface area contributed by atoms with E-state index in [-0.39, 0.29) is 0 Å². The predicted molar refractivity (Wildman–Crippen MR) is 85.2 cm³/mol. The van der Waals surface area contributed by atoms with Crippen LogP contribution in [0.3, 0.4) is 0 Å². The Morgan fingerprint density at radius 3 is 2.57 bits per heavy atom. The molecule has 0 saturated carbocycles. The van der Waals surface area contributed by atoms with Crippen molar-refractivity contribution in [1.82, 2.24) is 9.55 Å². The monoisotopic (exact) mass is 281 g/mol. The smallest absolute Gasteiger partial charge is 0.140 e. The second-order valence-corrected chi connectivity index (χ2v) is 4.98. The number of aromatic nitrogens is 2. The molecule has 2 N–H and O–H groups in total. The first-order valence-corrected chi connectivity index (χ1v) is 7.11. The molecular formula is C17H19N3O. The molecular weight excluding hydrogens is 262 g/mol. The number of ether oxygens (including phenoxy) is 1. The molecule has 0 spiro atoms. The molecule has 0 aliphatic carbocycles. The SMILES string of the molecule is CCOc1ccc(-c2nc3cc(CN)ccc3n2C)cc1. The molecule has 0 aliphatic rings. The van der Waals surface area contributed by atoms with Gasteiger partial charge >= 0.3 is 0 Å². The fourth-order valence-electron chi connectivity index (χ4n) is 2.50. The van der Waals surface area contributed by atoms with Crippen molar-refractivity contribution in [2.75, 3.05) is 6.61 Å². The van der Waals surface area contributed by atoms with Crippen molar-refractivity contribution in [3.05, 3.63) is 48.0 Å². The average molecular weight is 281 g/mol. The molecule has 0 fully saturated rings. The van der Waals surface area contributed by atoms with Crippen LogP contribution in [0.4, 0.5) is 0 Å². The number of imidazole rings is 1. The molecule has 4 heteroatoms. The van der Waals surface area contributed by atoms with Crippen LogP contribution in [-0.2, 0) is 13.6 Å². The third-order valence-electron chi connectivity index (χ3n) is 3.60. The molecule has 0 unspecified atom stereocenters. The van der Waals surface area contributed by atoms with E-state index in [1.165, 1.54) is 0 Å². The van der Waals surface area contributed by atoms with Gasteiger partial charge in [-0.2, -0.15) is 0 Å². The van der Waals surface area contributed by atoms with Crippen LogP contribution in [0.15, 0.2) is 42.5 Å². The minimum Gasteiger partial charge on any atom is -0.494 e. The number of nitrogens with zero attached hydrogens (tertiary/aromatic N) is 2. The van der Waals surface area contributed by atoms with Crippen LogP contribution >= 0.6 is 0 Å². The van der Waals surface area contributed by atoms with Crippen LogP contribution in [-0.4, -0.2) is 16.2 Å². The lowest BCUT2D eigenvalue weighted by atomic mass is 10.2. The van der Waals surface area contributed by atoms with E-state index in [9.17, 15) is 0 Å². The van der Waals surface area contributed by atoms with Crippen molar-refractivity contribution < 1.29 is 4.74 Å². The van der Waals surface area contributed by atoms with Gasteiger partial charge in [-0.25, -0.2) is 4.98 Å². The van der Waals surface area contributed by atoms with Gasteiger partial charge in [-0.15, -0.1) is 0 Å². The van der Waals surface area contributed by atoms with Crippen LogP contribution in [0.5, 0.6) is 5.75 Å². The lowest BCUT2D eigenvalue weighted by molar-refractivity contribution is 0.340. The first-order valence-electron chi connectivity index (χ1n) is 7.11. The van der Waals surface area contributed by atoms with E-state index in [1.807, 2.05) is 50.4 Å². The van der Waals surface area contributed by atoms with Crippen LogP contribution in [0.25, 0.3) is 22.4 Å². The number of hydrogen-bond acceptors (Lipinski definition) is 3. The molecule has 1 aromatic heterocycles. The number of hydrogen-bond donors (Lipinski definition) is 1. The summed E-state index contributed by atoms with van der Waals surface area (Å²) in [5.41, 5.74) is 9.95. The third kappa shape index (κ3) is 2.50. The van der Waals surface area contributed by atoms with Crippen molar-refractivity contribution in [2.24, 2.45) is 12.8 Å². The summed E-state index contributed by atoms with van der Waals surface area (Å²) in [6, 6.07) is 14.2. The zero-order valence-corrected chi connectivity index (χ0v) is 12.3. The third-order valence-corrected chi connectivity index (χ3v) is 3.60. The van der Waals surface area contributed by atoms with Crippen molar-refractivity contribution in [1.29, 1.82) is 0 Å². The standard InChI is InChI=1S/C17H19N3O/c1-3-21-14-7-5-13(6-8-14)17-19-15-10-12(11-18)4-9-16(15)20(17)2/h4-10H,3,11,18H2,1-2H3.